The molecule has 0 saturated carbocycles. The maximum atomic E-state index is 12.2. The Kier molecular flexibility index (Phi) is 3.77. The minimum absolute atomic E-state index is 0.0970. The number of hydrogen-bond acceptors (Lipinski definition) is 3. The molecule has 0 saturated heterocycles. The molecule has 0 aliphatic carbocycles. The Labute approximate surface area is 124 Å². The molecule has 0 bridgehead atoms. The molecule has 0 radical (unpaired) electrons. The van der Waals surface area contributed by atoms with Gasteiger partial charge in [-0.05, 0) is 30.2 Å². The van der Waals surface area contributed by atoms with E-state index in [1.807, 2.05) is 55.5 Å². The highest BCUT2D eigenvalue weighted by Gasteiger charge is 2.25. The van der Waals surface area contributed by atoms with Gasteiger partial charge in [0.2, 0.25) is 0 Å². The van der Waals surface area contributed by atoms with Crippen molar-refractivity contribution in [3.63, 3.8) is 0 Å². The third-order valence-corrected chi connectivity index (χ3v) is 3.64. The highest BCUT2D eigenvalue weighted by atomic mass is 16.5. The summed E-state index contributed by atoms with van der Waals surface area (Å²) in [6.45, 7) is 3.04. The zero-order valence-electron chi connectivity index (χ0n) is 11.9. The fourth-order valence-electron chi connectivity index (χ4n) is 2.36. The van der Waals surface area contributed by atoms with Crippen molar-refractivity contribution in [2.45, 2.75) is 19.6 Å². The minimum atomic E-state index is -0.496. The number of benzene rings is 2. The number of nitrogens with one attached hydrogen (secondary N) is 2. The molecule has 2 N–H and O–H groups in total. The van der Waals surface area contributed by atoms with E-state index in [0.717, 1.165) is 17.0 Å². The second kappa shape index (κ2) is 5.87. The molecule has 3 rings (SSSR count). The van der Waals surface area contributed by atoms with Crippen LogP contribution in [0.1, 0.15) is 11.1 Å². The van der Waals surface area contributed by atoms with Gasteiger partial charge >= 0.3 is 0 Å². The van der Waals surface area contributed by atoms with E-state index in [9.17, 15) is 4.79 Å². The molecule has 1 amide bonds. The van der Waals surface area contributed by atoms with Crippen LogP contribution in [0.5, 0.6) is 5.75 Å². The van der Waals surface area contributed by atoms with Gasteiger partial charge in [-0.2, -0.15) is 0 Å². The van der Waals surface area contributed by atoms with Gasteiger partial charge in [-0.15, -0.1) is 0 Å². The van der Waals surface area contributed by atoms with Gasteiger partial charge in [-0.25, -0.2) is 0 Å². The predicted molar refractivity (Wildman–Crippen MR) is 82.4 cm³/mol. The standard InChI is InChI=1S/C17H18N2O2/c1-12-6-2-3-7-13(12)10-19-17(20)16-11-18-14-8-4-5-9-15(14)21-16/h2-9,16,18H,10-11H2,1H3,(H,19,20). The number of fused-ring (bicyclic) bond motifs is 1. The van der Waals surface area contributed by atoms with Crippen LogP contribution in [-0.4, -0.2) is 18.6 Å². The van der Waals surface area contributed by atoms with E-state index in [-0.39, 0.29) is 5.91 Å². The monoisotopic (exact) mass is 282 g/mol. The van der Waals surface area contributed by atoms with Crippen molar-refractivity contribution < 1.29 is 9.53 Å². The van der Waals surface area contributed by atoms with Crippen LogP contribution in [0.25, 0.3) is 0 Å². The summed E-state index contributed by atoms with van der Waals surface area (Å²) in [5.41, 5.74) is 3.22. The van der Waals surface area contributed by atoms with Crippen LogP contribution in [0.4, 0.5) is 5.69 Å². The molecular formula is C17H18N2O2. The van der Waals surface area contributed by atoms with E-state index in [1.54, 1.807) is 0 Å². The third-order valence-electron chi connectivity index (χ3n) is 3.64. The lowest BCUT2D eigenvalue weighted by Gasteiger charge is -2.26. The van der Waals surface area contributed by atoms with Gasteiger partial charge in [0.25, 0.3) is 5.91 Å². The van der Waals surface area contributed by atoms with Gasteiger partial charge in [0.05, 0.1) is 12.2 Å². The van der Waals surface area contributed by atoms with Crippen molar-refractivity contribution in [3.8, 4) is 5.75 Å². The fourth-order valence-corrected chi connectivity index (χ4v) is 2.36. The first-order chi connectivity index (χ1) is 10.2. The van der Waals surface area contributed by atoms with Crippen LogP contribution in [-0.2, 0) is 11.3 Å². The summed E-state index contributed by atoms with van der Waals surface area (Å²) in [6, 6.07) is 15.7. The molecule has 2 aromatic rings. The molecule has 1 heterocycles. The van der Waals surface area contributed by atoms with Gasteiger partial charge in [-0.3, -0.25) is 4.79 Å². The lowest BCUT2D eigenvalue weighted by molar-refractivity contribution is -0.127. The second-order valence-electron chi connectivity index (χ2n) is 5.13. The number of amides is 1. The largest absolute Gasteiger partial charge is 0.477 e. The molecule has 1 aliphatic rings. The maximum Gasteiger partial charge on any atom is 0.263 e. The summed E-state index contributed by atoms with van der Waals surface area (Å²) < 4.78 is 5.74. The number of rotatable bonds is 3. The van der Waals surface area contributed by atoms with Crippen molar-refractivity contribution in [1.29, 1.82) is 0 Å². The number of carbonyl (C=O) groups is 1. The fraction of sp³-hybridized carbons (Fsp3) is 0.235. The Morgan fingerprint density at radius 1 is 1.24 bits per heavy atom. The molecule has 108 valence electrons. The molecule has 0 spiro atoms. The van der Waals surface area contributed by atoms with Gasteiger partial charge in [0.15, 0.2) is 6.10 Å². The van der Waals surface area contributed by atoms with Crippen molar-refractivity contribution in [1.82, 2.24) is 5.32 Å². The van der Waals surface area contributed by atoms with Crippen molar-refractivity contribution in [2.75, 3.05) is 11.9 Å². The first kappa shape index (κ1) is 13.5. The van der Waals surface area contributed by atoms with Gasteiger partial charge < -0.3 is 15.4 Å². The summed E-state index contributed by atoms with van der Waals surface area (Å²) in [5, 5.41) is 6.15. The maximum absolute atomic E-state index is 12.2. The number of carbonyl (C=O) groups excluding carboxylic acids is 1. The molecule has 4 heteroatoms. The van der Waals surface area contributed by atoms with E-state index in [0.29, 0.717) is 13.1 Å². The molecular weight excluding hydrogens is 264 g/mol. The molecule has 1 unspecified atom stereocenters. The van der Waals surface area contributed by atoms with E-state index in [4.69, 9.17) is 4.74 Å². The summed E-state index contributed by atoms with van der Waals surface area (Å²) in [7, 11) is 0. The Morgan fingerprint density at radius 3 is 2.86 bits per heavy atom. The highest BCUT2D eigenvalue weighted by molar-refractivity contribution is 5.83. The molecule has 0 aromatic heterocycles. The van der Waals surface area contributed by atoms with E-state index < -0.39 is 6.10 Å². The van der Waals surface area contributed by atoms with E-state index in [2.05, 4.69) is 10.6 Å². The third kappa shape index (κ3) is 2.99. The van der Waals surface area contributed by atoms with Crippen molar-refractivity contribution >= 4 is 11.6 Å². The molecule has 21 heavy (non-hydrogen) atoms. The lowest BCUT2D eigenvalue weighted by atomic mass is 10.1. The summed E-state index contributed by atoms with van der Waals surface area (Å²) in [6.07, 6.45) is -0.496. The first-order valence-electron chi connectivity index (χ1n) is 7.06. The predicted octanol–water partition coefficient (Wildman–Crippen LogP) is 2.48. The number of anilines is 1. The highest BCUT2D eigenvalue weighted by Crippen LogP contribution is 2.28. The normalized spacial score (nSPS) is 16.3. The van der Waals surface area contributed by atoms with E-state index in [1.165, 1.54) is 5.56 Å². The number of hydrogen-bond donors (Lipinski definition) is 2. The van der Waals surface area contributed by atoms with Gasteiger partial charge in [-0.1, -0.05) is 36.4 Å². The zero-order valence-corrected chi connectivity index (χ0v) is 11.9. The zero-order chi connectivity index (χ0) is 14.7. The summed E-state index contributed by atoms with van der Waals surface area (Å²) in [4.78, 5) is 12.2. The summed E-state index contributed by atoms with van der Waals surface area (Å²) in [5.74, 6) is 0.625. The summed E-state index contributed by atoms with van der Waals surface area (Å²) >= 11 is 0. The number of aryl methyl sites for hydroxylation is 1. The number of para-hydroxylation sites is 2. The molecule has 1 aliphatic heterocycles. The SMILES string of the molecule is Cc1ccccc1CNC(=O)C1CNc2ccccc2O1. The van der Waals surface area contributed by atoms with Gasteiger partial charge in [0.1, 0.15) is 5.75 Å². The minimum Gasteiger partial charge on any atom is -0.477 e. The molecule has 0 fully saturated rings. The van der Waals surface area contributed by atoms with Crippen LogP contribution < -0.4 is 15.4 Å². The Balaban J connectivity index is 1.61. The smallest absolute Gasteiger partial charge is 0.263 e. The molecule has 4 nitrogen and oxygen atoms in total. The average Bonchev–Trinajstić information content (AvgIpc) is 2.53. The molecule has 1 atom stereocenters. The van der Waals surface area contributed by atoms with Crippen molar-refractivity contribution in [3.05, 3.63) is 59.7 Å². The Morgan fingerprint density at radius 2 is 2.00 bits per heavy atom. The topological polar surface area (TPSA) is 50.4 Å². The average molecular weight is 282 g/mol. The van der Waals surface area contributed by atoms with Crippen LogP contribution in [0.15, 0.2) is 48.5 Å². The second-order valence-corrected chi connectivity index (χ2v) is 5.13. The van der Waals surface area contributed by atoms with E-state index >= 15 is 0 Å². The van der Waals surface area contributed by atoms with Crippen LogP contribution in [0, 0.1) is 6.92 Å². The molecule has 2 aromatic carbocycles. The number of ether oxygens (including phenoxy) is 1. The van der Waals surface area contributed by atoms with Crippen LogP contribution >= 0.6 is 0 Å². The Bertz CT molecular complexity index is 655. The van der Waals surface area contributed by atoms with Gasteiger partial charge in [0, 0.05) is 6.54 Å². The quantitative estimate of drug-likeness (QED) is 0.909. The van der Waals surface area contributed by atoms with Crippen LogP contribution in [0.3, 0.4) is 0 Å². The first-order valence-corrected chi connectivity index (χ1v) is 7.06. The Hall–Kier alpha value is -2.49. The van der Waals surface area contributed by atoms with Crippen LogP contribution in [0.2, 0.25) is 0 Å². The lowest BCUT2D eigenvalue weighted by Crippen LogP contribution is -2.44. The van der Waals surface area contributed by atoms with Crippen molar-refractivity contribution in [2.24, 2.45) is 0 Å².